The van der Waals surface area contributed by atoms with E-state index in [2.05, 4.69) is 5.32 Å². The van der Waals surface area contributed by atoms with Crippen molar-refractivity contribution >= 4 is 11.8 Å². The minimum atomic E-state index is -0.164. The van der Waals surface area contributed by atoms with Gasteiger partial charge in [-0.1, -0.05) is 29.8 Å². The van der Waals surface area contributed by atoms with Crippen LogP contribution in [0.2, 0.25) is 0 Å². The van der Waals surface area contributed by atoms with Gasteiger partial charge in [0.1, 0.15) is 0 Å². The van der Waals surface area contributed by atoms with Crippen LogP contribution in [0.25, 0.3) is 0 Å². The highest BCUT2D eigenvalue weighted by Crippen LogP contribution is 2.19. The van der Waals surface area contributed by atoms with E-state index in [0.717, 1.165) is 18.4 Å². The second-order valence-electron chi connectivity index (χ2n) is 6.27. The maximum atomic E-state index is 12.4. The van der Waals surface area contributed by atoms with Crippen molar-refractivity contribution in [3.63, 3.8) is 0 Å². The molecule has 1 N–H and O–H groups in total. The van der Waals surface area contributed by atoms with E-state index in [4.69, 9.17) is 4.42 Å². The van der Waals surface area contributed by atoms with Crippen LogP contribution in [0.15, 0.2) is 47.1 Å². The Bertz CT molecular complexity index is 692. The van der Waals surface area contributed by atoms with Crippen molar-refractivity contribution in [2.75, 3.05) is 13.1 Å². The van der Waals surface area contributed by atoms with Gasteiger partial charge in [0.05, 0.1) is 12.2 Å². The van der Waals surface area contributed by atoms with E-state index >= 15 is 0 Å². The van der Waals surface area contributed by atoms with E-state index < -0.39 is 0 Å². The number of hydrogen-bond acceptors (Lipinski definition) is 3. The summed E-state index contributed by atoms with van der Waals surface area (Å²) in [5.41, 5.74) is 2.28. The Hall–Kier alpha value is -2.56. The summed E-state index contributed by atoms with van der Waals surface area (Å²) in [5, 5.41) is 2.98. The van der Waals surface area contributed by atoms with Gasteiger partial charge >= 0.3 is 0 Å². The van der Waals surface area contributed by atoms with Crippen LogP contribution in [0.5, 0.6) is 0 Å². The van der Waals surface area contributed by atoms with Gasteiger partial charge in [-0.3, -0.25) is 9.59 Å². The van der Waals surface area contributed by atoms with Crippen molar-refractivity contribution in [1.29, 1.82) is 0 Å². The average molecular weight is 326 g/mol. The maximum Gasteiger partial charge on any atom is 0.289 e. The van der Waals surface area contributed by atoms with Crippen molar-refractivity contribution < 1.29 is 14.0 Å². The first-order valence-electron chi connectivity index (χ1n) is 8.29. The van der Waals surface area contributed by atoms with Crippen molar-refractivity contribution in [2.24, 2.45) is 5.92 Å². The molecular weight excluding hydrogens is 304 g/mol. The lowest BCUT2D eigenvalue weighted by Crippen LogP contribution is -2.45. The first-order chi connectivity index (χ1) is 11.6. The van der Waals surface area contributed by atoms with E-state index in [-0.39, 0.29) is 17.7 Å². The fourth-order valence-electron chi connectivity index (χ4n) is 2.97. The van der Waals surface area contributed by atoms with Crippen LogP contribution < -0.4 is 5.32 Å². The van der Waals surface area contributed by atoms with Gasteiger partial charge in [0.2, 0.25) is 5.91 Å². The third-order valence-electron chi connectivity index (χ3n) is 4.40. The lowest BCUT2D eigenvalue weighted by Gasteiger charge is -2.31. The van der Waals surface area contributed by atoms with Crippen LogP contribution in [0.1, 0.15) is 34.5 Å². The summed E-state index contributed by atoms with van der Waals surface area (Å²) in [6.45, 7) is 3.66. The number of amides is 2. The molecule has 0 radical (unpaired) electrons. The van der Waals surface area contributed by atoms with Crippen molar-refractivity contribution in [1.82, 2.24) is 10.2 Å². The molecule has 0 bridgehead atoms. The normalized spacial score (nSPS) is 17.5. The molecule has 2 heterocycles. The predicted molar refractivity (Wildman–Crippen MR) is 90.4 cm³/mol. The monoisotopic (exact) mass is 326 g/mol. The molecule has 0 spiro atoms. The summed E-state index contributed by atoms with van der Waals surface area (Å²) in [6.07, 6.45) is 3.12. The SMILES string of the molecule is Cc1ccc(CNC(=O)C2CCCN(C(=O)c3ccco3)C2)cc1. The lowest BCUT2D eigenvalue weighted by molar-refractivity contribution is -0.126. The number of hydrogen-bond donors (Lipinski definition) is 1. The highest BCUT2D eigenvalue weighted by Gasteiger charge is 2.29. The fourth-order valence-corrected chi connectivity index (χ4v) is 2.97. The van der Waals surface area contributed by atoms with Gasteiger partial charge in [0.25, 0.3) is 5.91 Å². The number of aryl methyl sites for hydroxylation is 1. The number of benzene rings is 1. The summed E-state index contributed by atoms with van der Waals surface area (Å²) >= 11 is 0. The molecule has 1 aliphatic rings. The molecule has 126 valence electrons. The Morgan fingerprint density at radius 1 is 1.25 bits per heavy atom. The van der Waals surface area contributed by atoms with E-state index in [9.17, 15) is 9.59 Å². The molecule has 2 aromatic rings. The molecule has 3 rings (SSSR count). The Balaban J connectivity index is 1.55. The van der Waals surface area contributed by atoms with Crippen molar-refractivity contribution in [2.45, 2.75) is 26.3 Å². The number of carbonyl (C=O) groups is 2. The zero-order valence-corrected chi connectivity index (χ0v) is 13.8. The van der Waals surface area contributed by atoms with E-state index in [1.54, 1.807) is 17.0 Å². The molecule has 5 nitrogen and oxygen atoms in total. The molecule has 1 saturated heterocycles. The molecule has 0 saturated carbocycles. The average Bonchev–Trinajstić information content (AvgIpc) is 3.15. The van der Waals surface area contributed by atoms with E-state index in [1.807, 2.05) is 31.2 Å². The number of furan rings is 1. The number of nitrogens with one attached hydrogen (secondary N) is 1. The van der Waals surface area contributed by atoms with Crippen LogP contribution in [-0.4, -0.2) is 29.8 Å². The first-order valence-corrected chi connectivity index (χ1v) is 8.29. The third kappa shape index (κ3) is 3.85. The van der Waals surface area contributed by atoms with Gasteiger partial charge in [0, 0.05) is 19.6 Å². The minimum absolute atomic E-state index is 0.00696. The molecule has 1 unspecified atom stereocenters. The van der Waals surface area contributed by atoms with Crippen molar-refractivity contribution in [3.8, 4) is 0 Å². The smallest absolute Gasteiger partial charge is 0.289 e. The highest BCUT2D eigenvalue weighted by atomic mass is 16.3. The topological polar surface area (TPSA) is 62.6 Å². The van der Waals surface area contributed by atoms with Crippen LogP contribution in [0, 0.1) is 12.8 Å². The minimum Gasteiger partial charge on any atom is -0.459 e. The zero-order chi connectivity index (χ0) is 16.9. The van der Waals surface area contributed by atoms with Crippen LogP contribution >= 0.6 is 0 Å². The number of rotatable bonds is 4. The van der Waals surface area contributed by atoms with E-state index in [1.165, 1.54) is 11.8 Å². The van der Waals surface area contributed by atoms with Gasteiger partial charge < -0.3 is 14.6 Å². The van der Waals surface area contributed by atoms with Gasteiger partial charge in [-0.25, -0.2) is 0 Å². The largest absolute Gasteiger partial charge is 0.459 e. The number of piperidine rings is 1. The molecule has 1 aliphatic heterocycles. The summed E-state index contributed by atoms with van der Waals surface area (Å²) < 4.78 is 5.17. The lowest BCUT2D eigenvalue weighted by atomic mass is 9.96. The zero-order valence-electron chi connectivity index (χ0n) is 13.8. The molecule has 1 aromatic carbocycles. The van der Waals surface area contributed by atoms with Gasteiger partial charge in [0.15, 0.2) is 5.76 Å². The van der Waals surface area contributed by atoms with E-state index in [0.29, 0.717) is 25.4 Å². The van der Waals surface area contributed by atoms with Gasteiger partial charge in [-0.2, -0.15) is 0 Å². The van der Waals surface area contributed by atoms with Crippen LogP contribution in [0.4, 0.5) is 0 Å². The molecule has 1 aromatic heterocycles. The molecule has 5 heteroatoms. The number of nitrogens with zero attached hydrogens (tertiary/aromatic N) is 1. The van der Waals surface area contributed by atoms with Gasteiger partial charge in [-0.15, -0.1) is 0 Å². The van der Waals surface area contributed by atoms with Crippen LogP contribution in [0.3, 0.4) is 0 Å². The second kappa shape index (κ2) is 7.34. The summed E-state index contributed by atoms with van der Waals surface area (Å²) in [4.78, 5) is 26.5. The Morgan fingerprint density at radius 3 is 2.75 bits per heavy atom. The summed E-state index contributed by atoms with van der Waals surface area (Å²) in [6, 6.07) is 11.5. The number of carbonyl (C=O) groups excluding carboxylic acids is 2. The Morgan fingerprint density at radius 2 is 2.04 bits per heavy atom. The van der Waals surface area contributed by atoms with Gasteiger partial charge in [-0.05, 0) is 37.5 Å². The molecule has 1 atom stereocenters. The van der Waals surface area contributed by atoms with Crippen molar-refractivity contribution in [3.05, 3.63) is 59.5 Å². The summed E-state index contributed by atoms with van der Waals surface area (Å²) in [7, 11) is 0. The fraction of sp³-hybridized carbons (Fsp3) is 0.368. The van der Waals surface area contributed by atoms with Crippen LogP contribution in [-0.2, 0) is 11.3 Å². The number of likely N-dealkylation sites (tertiary alicyclic amines) is 1. The Labute approximate surface area is 141 Å². The quantitative estimate of drug-likeness (QED) is 0.940. The molecule has 2 amide bonds. The second-order valence-corrected chi connectivity index (χ2v) is 6.27. The predicted octanol–water partition coefficient (Wildman–Crippen LogP) is 2.76. The molecule has 1 fully saturated rings. The maximum absolute atomic E-state index is 12.4. The third-order valence-corrected chi connectivity index (χ3v) is 4.40. The summed E-state index contributed by atoms with van der Waals surface area (Å²) in [5.74, 6) is 0.0300. The molecule has 0 aliphatic carbocycles. The standard InChI is InChI=1S/C19H22N2O3/c1-14-6-8-15(9-7-14)12-20-18(22)16-4-2-10-21(13-16)19(23)17-5-3-11-24-17/h3,5-9,11,16H,2,4,10,12-13H2,1H3,(H,20,22). The first kappa shape index (κ1) is 16.3. The highest BCUT2D eigenvalue weighted by molar-refractivity contribution is 5.92. The molecule has 24 heavy (non-hydrogen) atoms. The Kier molecular flexibility index (Phi) is 4.99. The molecular formula is C19H22N2O3.